The van der Waals surface area contributed by atoms with Crippen molar-refractivity contribution in [3.63, 3.8) is 0 Å². The molecule has 1 aromatic heterocycles. The summed E-state index contributed by atoms with van der Waals surface area (Å²) in [5, 5.41) is 15.0. The van der Waals surface area contributed by atoms with Gasteiger partial charge in [-0.25, -0.2) is 4.68 Å². The van der Waals surface area contributed by atoms with Crippen molar-refractivity contribution in [3.8, 4) is 5.69 Å². The molecule has 1 aromatic carbocycles. The van der Waals surface area contributed by atoms with E-state index in [2.05, 4.69) is 59.8 Å². The van der Waals surface area contributed by atoms with E-state index >= 15 is 0 Å². The van der Waals surface area contributed by atoms with Gasteiger partial charge in [-0.1, -0.05) is 13.8 Å². The molecule has 0 radical (unpaired) electrons. The Morgan fingerprint density at radius 3 is 2.52 bits per heavy atom. The van der Waals surface area contributed by atoms with Crippen LogP contribution in [0.2, 0.25) is 0 Å². The summed E-state index contributed by atoms with van der Waals surface area (Å²) in [7, 11) is 0. The molecule has 21 heavy (non-hydrogen) atoms. The lowest BCUT2D eigenvalue weighted by Crippen LogP contribution is -2.30. The average Bonchev–Trinajstić information content (AvgIpc) is 2.91. The fourth-order valence-electron chi connectivity index (χ4n) is 3.57. The van der Waals surface area contributed by atoms with Gasteiger partial charge in [0.1, 0.15) is 6.33 Å². The van der Waals surface area contributed by atoms with Crippen LogP contribution in [-0.4, -0.2) is 26.2 Å². The Morgan fingerprint density at radius 1 is 1.14 bits per heavy atom. The Balaban J connectivity index is 1.73. The van der Waals surface area contributed by atoms with Crippen LogP contribution in [0.3, 0.4) is 0 Å². The quantitative estimate of drug-likeness (QED) is 0.941. The molecule has 0 spiro atoms. The van der Waals surface area contributed by atoms with Crippen molar-refractivity contribution in [3.05, 3.63) is 30.1 Å². The summed E-state index contributed by atoms with van der Waals surface area (Å²) in [6.07, 6.45) is 5.51. The van der Waals surface area contributed by atoms with E-state index in [1.54, 1.807) is 11.0 Å². The maximum absolute atomic E-state index is 3.95. The predicted molar refractivity (Wildman–Crippen MR) is 83.5 cm³/mol. The van der Waals surface area contributed by atoms with Crippen molar-refractivity contribution in [2.45, 2.75) is 46.1 Å². The average molecular weight is 285 g/mol. The summed E-state index contributed by atoms with van der Waals surface area (Å²) in [6.45, 7) is 6.81. The number of nitrogens with one attached hydrogen (secondary N) is 1. The molecule has 0 bridgehead atoms. The molecule has 0 aliphatic heterocycles. The van der Waals surface area contributed by atoms with Gasteiger partial charge in [-0.3, -0.25) is 0 Å². The number of aryl methyl sites for hydroxylation is 1. The maximum Gasteiger partial charge on any atom is 0.143 e. The molecule has 5 nitrogen and oxygen atoms in total. The van der Waals surface area contributed by atoms with Crippen molar-refractivity contribution in [1.29, 1.82) is 0 Å². The first kappa shape index (κ1) is 14.0. The lowest BCUT2D eigenvalue weighted by molar-refractivity contribution is 0.281. The minimum atomic E-state index is 0.585. The zero-order chi connectivity index (χ0) is 14.8. The first-order valence-electron chi connectivity index (χ1n) is 7.72. The van der Waals surface area contributed by atoms with E-state index in [1.165, 1.54) is 30.5 Å². The van der Waals surface area contributed by atoms with Crippen LogP contribution >= 0.6 is 0 Å². The SMILES string of the molecule is Cc1cc(NC2CC(C)CC(C)C2)ccc1-n1cnnn1. The van der Waals surface area contributed by atoms with Crippen LogP contribution < -0.4 is 5.32 Å². The van der Waals surface area contributed by atoms with Gasteiger partial charge in [-0.15, -0.1) is 5.10 Å². The normalized spacial score (nSPS) is 25.8. The minimum absolute atomic E-state index is 0.585. The second-order valence-electron chi connectivity index (χ2n) is 6.51. The van der Waals surface area contributed by atoms with E-state index in [-0.39, 0.29) is 0 Å². The first-order chi connectivity index (χ1) is 10.1. The van der Waals surface area contributed by atoms with Crippen molar-refractivity contribution in [1.82, 2.24) is 20.2 Å². The Hall–Kier alpha value is -1.91. The number of tetrazole rings is 1. The third-order valence-electron chi connectivity index (χ3n) is 4.34. The topological polar surface area (TPSA) is 55.6 Å². The zero-order valence-electron chi connectivity index (χ0n) is 13.0. The Kier molecular flexibility index (Phi) is 3.90. The van der Waals surface area contributed by atoms with Gasteiger partial charge in [0.2, 0.25) is 0 Å². The number of anilines is 1. The third-order valence-corrected chi connectivity index (χ3v) is 4.34. The van der Waals surface area contributed by atoms with Gasteiger partial charge in [0.15, 0.2) is 0 Å². The molecule has 1 fully saturated rings. The molecule has 1 N–H and O–H groups in total. The fraction of sp³-hybridized carbons (Fsp3) is 0.562. The molecule has 1 heterocycles. The van der Waals surface area contributed by atoms with Gasteiger partial charge < -0.3 is 5.32 Å². The van der Waals surface area contributed by atoms with E-state index in [4.69, 9.17) is 0 Å². The van der Waals surface area contributed by atoms with Gasteiger partial charge in [0.05, 0.1) is 5.69 Å². The highest BCUT2D eigenvalue weighted by Gasteiger charge is 2.23. The molecule has 0 amide bonds. The molecule has 0 saturated heterocycles. The highest BCUT2D eigenvalue weighted by atomic mass is 15.5. The highest BCUT2D eigenvalue weighted by Crippen LogP contribution is 2.31. The Labute approximate surface area is 125 Å². The number of rotatable bonds is 3. The molecule has 112 valence electrons. The second kappa shape index (κ2) is 5.84. The number of aromatic nitrogens is 4. The van der Waals surface area contributed by atoms with Crippen molar-refractivity contribution in [2.24, 2.45) is 11.8 Å². The summed E-state index contributed by atoms with van der Waals surface area (Å²) in [6, 6.07) is 6.96. The van der Waals surface area contributed by atoms with E-state index in [0.29, 0.717) is 6.04 Å². The Morgan fingerprint density at radius 2 is 1.90 bits per heavy atom. The molecule has 1 aliphatic carbocycles. The van der Waals surface area contributed by atoms with E-state index in [1.807, 2.05) is 0 Å². The molecule has 2 unspecified atom stereocenters. The van der Waals surface area contributed by atoms with Gasteiger partial charge >= 0.3 is 0 Å². The maximum atomic E-state index is 3.95. The van der Waals surface area contributed by atoms with E-state index < -0.39 is 0 Å². The molecular formula is C16H23N5. The smallest absolute Gasteiger partial charge is 0.143 e. The van der Waals surface area contributed by atoms with E-state index in [0.717, 1.165) is 17.5 Å². The summed E-state index contributed by atoms with van der Waals surface area (Å²) >= 11 is 0. The summed E-state index contributed by atoms with van der Waals surface area (Å²) in [5.74, 6) is 1.63. The first-order valence-corrected chi connectivity index (χ1v) is 7.72. The molecular weight excluding hydrogens is 262 g/mol. The molecule has 1 aliphatic rings. The van der Waals surface area contributed by atoms with E-state index in [9.17, 15) is 0 Å². The number of hydrogen-bond acceptors (Lipinski definition) is 4. The highest BCUT2D eigenvalue weighted by molar-refractivity contribution is 5.53. The second-order valence-corrected chi connectivity index (χ2v) is 6.51. The van der Waals surface area contributed by atoms with Crippen LogP contribution in [0.5, 0.6) is 0 Å². The summed E-state index contributed by atoms with van der Waals surface area (Å²) in [4.78, 5) is 0. The van der Waals surface area contributed by atoms with Crippen LogP contribution in [0, 0.1) is 18.8 Å². The summed E-state index contributed by atoms with van der Waals surface area (Å²) in [5.41, 5.74) is 3.38. The van der Waals surface area contributed by atoms with Gasteiger partial charge in [-0.05, 0) is 72.2 Å². The van der Waals surface area contributed by atoms with Gasteiger partial charge in [0, 0.05) is 11.7 Å². The standard InChI is InChI=1S/C16H23N5/c1-11-6-12(2)8-15(7-11)18-14-4-5-16(13(3)9-14)21-10-17-19-20-21/h4-5,9-12,15,18H,6-8H2,1-3H3. The van der Waals surface area contributed by atoms with Crippen molar-refractivity contribution < 1.29 is 0 Å². The third kappa shape index (κ3) is 3.23. The van der Waals surface area contributed by atoms with Crippen LogP contribution in [0.15, 0.2) is 24.5 Å². The number of benzene rings is 1. The van der Waals surface area contributed by atoms with Crippen molar-refractivity contribution in [2.75, 3.05) is 5.32 Å². The van der Waals surface area contributed by atoms with Crippen LogP contribution in [-0.2, 0) is 0 Å². The van der Waals surface area contributed by atoms with Crippen LogP contribution in [0.4, 0.5) is 5.69 Å². The lowest BCUT2D eigenvalue weighted by atomic mass is 9.80. The van der Waals surface area contributed by atoms with Crippen molar-refractivity contribution >= 4 is 5.69 Å². The predicted octanol–water partition coefficient (Wildman–Crippen LogP) is 3.21. The zero-order valence-corrected chi connectivity index (χ0v) is 13.0. The molecule has 2 atom stereocenters. The van der Waals surface area contributed by atoms with Gasteiger partial charge in [-0.2, -0.15) is 0 Å². The summed E-state index contributed by atoms with van der Waals surface area (Å²) < 4.78 is 1.70. The van der Waals surface area contributed by atoms with Gasteiger partial charge in [0.25, 0.3) is 0 Å². The minimum Gasteiger partial charge on any atom is -0.382 e. The molecule has 2 aromatic rings. The monoisotopic (exact) mass is 285 g/mol. The van der Waals surface area contributed by atoms with Crippen LogP contribution in [0.25, 0.3) is 5.69 Å². The molecule has 3 rings (SSSR count). The van der Waals surface area contributed by atoms with Crippen LogP contribution in [0.1, 0.15) is 38.7 Å². The number of nitrogens with zero attached hydrogens (tertiary/aromatic N) is 4. The Bertz CT molecular complexity index is 583. The number of hydrogen-bond donors (Lipinski definition) is 1. The fourth-order valence-corrected chi connectivity index (χ4v) is 3.57. The molecule has 5 heteroatoms. The lowest BCUT2D eigenvalue weighted by Gasteiger charge is -2.32. The largest absolute Gasteiger partial charge is 0.382 e. The molecule has 1 saturated carbocycles.